The number of carbonyl (C=O) groups is 1. The lowest BCUT2D eigenvalue weighted by molar-refractivity contribution is 0.0672. The van der Waals surface area contributed by atoms with Gasteiger partial charge in [-0.25, -0.2) is 4.98 Å². The van der Waals surface area contributed by atoms with Crippen molar-refractivity contribution >= 4 is 23.3 Å². The van der Waals surface area contributed by atoms with Crippen molar-refractivity contribution < 1.29 is 4.79 Å². The number of halogens is 1. The Morgan fingerprint density at radius 1 is 1.52 bits per heavy atom. The van der Waals surface area contributed by atoms with E-state index in [9.17, 15) is 4.79 Å². The number of nitrogens with zero attached hydrogens (tertiary/aromatic N) is 2. The van der Waals surface area contributed by atoms with Crippen LogP contribution in [0.15, 0.2) is 12.3 Å². The number of hydrogen-bond acceptors (Lipinski definition) is 3. The molecule has 1 aliphatic carbocycles. The Morgan fingerprint density at radius 2 is 2.29 bits per heavy atom. The van der Waals surface area contributed by atoms with Crippen molar-refractivity contribution in [2.45, 2.75) is 45.6 Å². The van der Waals surface area contributed by atoms with Crippen molar-refractivity contribution in [3.8, 4) is 0 Å². The summed E-state index contributed by atoms with van der Waals surface area (Å²) in [4.78, 5) is 18.7. The molecule has 116 valence electrons. The highest BCUT2D eigenvalue weighted by molar-refractivity contribution is 6.33. The van der Waals surface area contributed by atoms with Crippen LogP contribution in [0, 0.1) is 5.92 Å². The van der Waals surface area contributed by atoms with Gasteiger partial charge in [0.25, 0.3) is 5.91 Å². The lowest BCUT2D eigenvalue weighted by atomic mass is 9.86. The van der Waals surface area contributed by atoms with E-state index in [1.165, 1.54) is 12.8 Å². The molecule has 0 radical (unpaired) electrons. The molecular formula is C16H24ClN3O. The van der Waals surface area contributed by atoms with E-state index < -0.39 is 0 Å². The van der Waals surface area contributed by atoms with Crippen molar-refractivity contribution in [3.63, 3.8) is 0 Å². The minimum absolute atomic E-state index is 0.0133. The largest absolute Gasteiger partial charge is 0.370 e. The van der Waals surface area contributed by atoms with Crippen LogP contribution in [0.3, 0.4) is 0 Å². The highest BCUT2D eigenvalue weighted by Gasteiger charge is 2.27. The van der Waals surface area contributed by atoms with E-state index in [1.54, 1.807) is 12.3 Å². The third-order valence-electron chi connectivity index (χ3n) is 4.22. The second-order valence-corrected chi connectivity index (χ2v) is 6.33. The van der Waals surface area contributed by atoms with Crippen LogP contribution >= 0.6 is 11.6 Å². The first kappa shape index (κ1) is 16.1. The molecule has 2 rings (SSSR count). The number of hydrogen-bond donors (Lipinski definition) is 1. The maximum Gasteiger partial charge on any atom is 0.255 e. The summed E-state index contributed by atoms with van der Waals surface area (Å²) in [6.07, 6.45) is 6.15. The van der Waals surface area contributed by atoms with E-state index >= 15 is 0 Å². The fourth-order valence-corrected chi connectivity index (χ4v) is 3.17. The van der Waals surface area contributed by atoms with Crippen LogP contribution in [-0.4, -0.2) is 35.4 Å². The van der Waals surface area contributed by atoms with E-state index in [0.717, 1.165) is 19.4 Å². The molecular weight excluding hydrogens is 286 g/mol. The summed E-state index contributed by atoms with van der Waals surface area (Å²) in [6, 6.07) is 2.06. The van der Waals surface area contributed by atoms with E-state index in [2.05, 4.69) is 17.2 Å². The van der Waals surface area contributed by atoms with E-state index in [1.807, 2.05) is 18.9 Å². The minimum Gasteiger partial charge on any atom is -0.370 e. The van der Waals surface area contributed by atoms with Gasteiger partial charge >= 0.3 is 0 Å². The van der Waals surface area contributed by atoms with Gasteiger partial charge in [0.1, 0.15) is 5.82 Å². The average Bonchev–Trinajstić information content (AvgIpc) is 2.48. The Bertz CT molecular complexity index is 506. The van der Waals surface area contributed by atoms with Gasteiger partial charge in [0.05, 0.1) is 10.6 Å². The molecule has 0 saturated heterocycles. The van der Waals surface area contributed by atoms with Crippen molar-refractivity contribution in [1.29, 1.82) is 0 Å². The highest BCUT2D eigenvalue weighted by Crippen LogP contribution is 2.28. The summed E-state index contributed by atoms with van der Waals surface area (Å²) in [5.41, 5.74) is 0.531. The van der Waals surface area contributed by atoms with Crippen molar-refractivity contribution in [3.05, 3.63) is 22.8 Å². The molecule has 1 aromatic heterocycles. The van der Waals surface area contributed by atoms with Gasteiger partial charge in [-0.2, -0.15) is 0 Å². The topological polar surface area (TPSA) is 45.2 Å². The molecule has 2 atom stereocenters. The van der Waals surface area contributed by atoms with Crippen molar-refractivity contribution in [1.82, 2.24) is 9.88 Å². The summed E-state index contributed by atoms with van der Waals surface area (Å²) in [6.45, 7) is 5.01. The molecule has 5 heteroatoms. The second kappa shape index (κ2) is 7.12. The third kappa shape index (κ3) is 3.88. The van der Waals surface area contributed by atoms with Crippen LogP contribution in [0.4, 0.5) is 5.82 Å². The molecule has 4 nitrogen and oxygen atoms in total. The van der Waals surface area contributed by atoms with Crippen LogP contribution in [0.25, 0.3) is 0 Å². The second-order valence-electron chi connectivity index (χ2n) is 5.92. The maximum absolute atomic E-state index is 12.7. The molecule has 0 spiro atoms. The van der Waals surface area contributed by atoms with Gasteiger partial charge in [-0.05, 0) is 31.7 Å². The van der Waals surface area contributed by atoms with Gasteiger partial charge in [0, 0.05) is 25.8 Å². The molecule has 2 unspecified atom stereocenters. The zero-order chi connectivity index (χ0) is 15.4. The number of amides is 1. The molecule has 1 saturated carbocycles. The first-order valence-corrected chi connectivity index (χ1v) is 8.07. The molecule has 21 heavy (non-hydrogen) atoms. The average molecular weight is 310 g/mol. The summed E-state index contributed by atoms with van der Waals surface area (Å²) in [5, 5.41) is 3.53. The first-order chi connectivity index (χ1) is 10.0. The molecule has 0 bridgehead atoms. The van der Waals surface area contributed by atoms with Crippen LogP contribution < -0.4 is 5.32 Å². The van der Waals surface area contributed by atoms with E-state index in [0.29, 0.717) is 28.4 Å². The quantitative estimate of drug-likeness (QED) is 0.919. The zero-order valence-corrected chi connectivity index (χ0v) is 13.8. The van der Waals surface area contributed by atoms with Gasteiger partial charge in [-0.3, -0.25) is 4.79 Å². The van der Waals surface area contributed by atoms with Gasteiger partial charge in [-0.1, -0.05) is 31.4 Å². The van der Waals surface area contributed by atoms with E-state index in [-0.39, 0.29) is 5.91 Å². The monoisotopic (exact) mass is 309 g/mol. The van der Waals surface area contributed by atoms with Gasteiger partial charge in [0.2, 0.25) is 0 Å². The molecule has 1 fully saturated rings. The fourth-order valence-electron chi connectivity index (χ4n) is 2.99. The Morgan fingerprint density at radius 3 is 2.95 bits per heavy atom. The van der Waals surface area contributed by atoms with Crippen LogP contribution in [-0.2, 0) is 0 Å². The maximum atomic E-state index is 12.7. The molecule has 1 aromatic rings. The summed E-state index contributed by atoms with van der Waals surface area (Å²) in [7, 11) is 1.88. The van der Waals surface area contributed by atoms with Crippen LogP contribution in [0.2, 0.25) is 5.02 Å². The summed E-state index contributed by atoms with van der Waals surface area (Å²) < 4.78 is 0. The molecule has 1 amide bonds. The number of aromatic nitrogens is 1. The predicted molar refractivity (Wildman–Crippen MR) is 86.9 cm³/mol. The molecule has 0 aromatic carbocycles. The first-order valence-electron chi connectivity index (χ1n) is 7.69. The number of rotatable bonds is 4. The van der Waals surface area contributed by atoms with Gasteiger partial charge < -0.3 is 10.2 Å². The van der Waals surface area contributed by atoms with Crippen molar-refractivity contribution in [2.24, 2.45) is 5.92 Å². The van der Waals surface area contributed by atoms with Crippen molar-refractivity contribution in [2.75, 3.05) is 18.9 Å². The van der Waals surface area contributed by atoms with Crippen LogP contribution in [0.5, 0.6) is 0 Å². The third-order valence-corrected chi connectivity index (χ3v) is 4.52. The summed E-state index contributed by atoms with van der Waals surface area (Å²) >= 11 is 6.17. The normalized spacial score (nSPS) is 21.9. The Hall–Kier alpha value is -1.29. The smallest absolute Gasteiger partial charge is 0.255 e. The molecule has 1 heterocycles. The Labute approximate surface area is 131 Å². The number of nitrogens with one attached hydrogen (secondary N) is 1. The van der Waals surface area contributed by atoms with Gasteiger partial charge in [-0.15, -0.1) is 0 Å². The predicted octanol–water partition coefficient (Wildman–Crippen LogP) is 3.82. The SMILES string of the molecule is CCNc1cc(C(=O)N(C)C2CCCC(C)C2)c(Cl)cn1. The zero-order valence-electron chi connectivity index (χ0n) is 13.0. The lowest BCUT2D eigenvalue weighted by Crippen LogP contribution is -2.40. The molecule has 1 aliphatic rings. The highest BCUT2D eigenvalue weighted by atomic mass is 35.5. The fraction of sp³-hybridized carbons (Fsp3) is 0.625. The van der Waals surface area contributed by atoms with Crippen LogP contribution in [0.1, 0.15) is 49.9 Å². The standard InChI is InChI=1S/C16H24ClN3O/c1-4-18-15-9-13(14(17)10-19-15)16(21)20(3)12-7-5-6-11(2)8-12/h9-12H,4-8H2,1-3H3,(H,18,19). The van der Waals surface area contributed by atoms with Gasteiger partial charge in [0.15, 0.2) is 0 Å². The Kier molecular flexibility index (Phi) is 5.45. The number of anilines is 1. The number of carbonyl (C=O) groups excluding carboxylic acids is 1. The minimum atomic E-state index is -0.0133. The van der Waals surface area contributed by atoms with E-state index in [4.69, 9.17) is 11.6 Å². The Balaban J connectivity index is 2.16. The molecule has 1 N–H and O–H groups in total. The number of pyridine rings is 1. The summed E-state index contributed by atoms with van der Waals surface area (Å²) in [5.74, 6) is 1.36. The molecule has 0 aliphatic heterocycles. The lowest BCUT2D eigenvalue weighted by Gasteiger charge is -2.34.